The number of hydrogen-bond donors (Lipinski definition) is 0. The fourth-order valence-corrected chi connectivity index (χ4v) is 0.545. The third-order valence-corrected chi connectivity index (χ3v) is 1.09. The van der Waals surface area contributed by atoms with Crippen LogP contribution >= 0.6 is 0 Å². The van der Waals surface area contributed by atoms with E-state index in [0.29, 0.717) is 0 Å². The second-order valence-corrected chi connectivity index (χ2v) is 2.12. The molecule has 0 aromatic rings. The first-order valence-electron chi connectivity index (χ1n) is 3.64. The molecule has 0 N–H and O–H groups in total. The van der Waals surface area contributed by atoms with Gasteiger partial charge in [-0.15, -0.1) is 0 Å². The van der Waals surface area contributed by atoms with E-state index >= 15 is 0 Å². The fourth-order valence-electron chi connectivity index (χ4n) is 0.545. The van der Waals surface area contributed by atoms with Crippen LogP contribution in [0.1, 0.15) is 13.8 Å². The predicted octanol–water partition coefficient (Wildman–Crippen LogP) is 1.22. The summed E-state index contributed by atoms with van der Waals surface area (Å²) >= 11 is 0. The lowest BCUT2D eigenvalue weighted by molar-refractivity contribution is -0.157. The molecule has 0 aliphatic carbocycles. The van der Waals surface area contributed by atoms with Gasteiger partial charge in [0.1, 0.15) is 6.61 Å². The van der Waals surface area contributed by atoms with E-state index in [-0.39, 0.29) is 6.61 Å². The van der Waals surface area contributed by atoms with Crippen molar-refractivity contribution in [1.82, 2.24) is 0 Å². The van der Waals surface area contributed by atoms with E-state index in [9.17, 15) is 13.6 Å². The third-order valence-electron chi connectivity index (χ3n) is 1.09. The molecule has 5 heteroatoms. The Balaban J connectivity index is 3.56. The minimum absolute atomic E-state index is 0.223. The van der Waals surface area contributed by atoms with Gasteiger partial charge in [0.25, 0.3) is 6.43 Å². The topological polar surface area (TPSA) is 35.5 Å². The quantitative estimate of drug-likeness (QED) is 0.599. The van der Waals surface area contributed by atoms with Crippen molar-refractivity contribution >= 4 is 5.97 Å². The van der Waals surface area contributed by atoms with Crippen LogP contribution in [0, 0.1) is 0 Å². The maximum atomic E-state index is 11.6. The van der Waals surface area contributed by atoms with E-state index in [2.05, 4.69) is 9.47 Å². The molecule has 72 valence electrons. The minimum Gasteiger partial charge on any atom is -0.464 e. The van der Waals surface area contributed by atoms with Crippen LogP contribution in [0.3, 0.4) is 0 Å². The molecule has 0 aromatic heterocycles. The van der Waals surface area contributed by atoms with Gasteiger partial charge in [0.05, 0.1) is 6.61 Å². The van der Waals surface area contributed by atoms with Crippen LogP contribution < -0.4 is 0 Å². The Hall–Kier alpha value is -0.710. The smallest absolute Gasteiger partial charge is 0.334 e. The van der Waals surface area contributed by atoms with E-state index in [1.165, 1.54) is 6.92 Å². The first-order chi connectivity index (χ1) is 5.57. The molecule has 0 radical (unpaired) electrons. The molecule has 1 atom stereocenters. The third kappa shape index (κ3) is 5.01. The summed E-state index contributed by atoms with van der Waals surface area (Å²) in [4.78, 5) is 10.8. The molecule has 0 bridgehead atoms. The van der Waals surface area contributed by atoms with Crippen LogP contribution in [0.25, 0.3) is 0 Å². The van der Waals surface area contributed by atoms with Gasteiger partial charge in [0.15, 0.2) is 6.10 Å². The molecule has 12 heavy (non-hydrogen) atoms. The second kappa shape index (κ2) is 5.88. The number of carbonyl (C=O) groups is 1. The molecule has 0 saturated heterocycles. The van der Waals surface area contributed by atoms with E-state index in [4.69, 9.17) is 0 Å². The summed E-state index contributed by atoms with van der Waals surface area (Å²) in [5, 5.41) is 0. The maximum Gasteiger partial charge on any atom is 0.334 e. The standard InChI is InChI=1S/C7H12F2O3/c1-3-11-7(10)5(2)12-4-6(8)9/h5-6H,3-4H2,1-2H3. The van der Waals surface area contributed by atoms with E-state index in [1.54, 1.807) is 6.92 Å². The van der Waals surface area contributed by atoms with Gasteiger partial charge in [-0.1, -0.05) is 0 Å². The highest BCUT2D eigenvalue weighted by molar-refractivity contribution is 5.74. The highest BCUT2D eigenvalue weighted by Gasteiger charge is 2.16. The monoisotopic (exact) mass is 182 g/mol. The highest BCUT2D eigenvalue weighted by atomic mass is 19.3. The Morgan fingerprint density at radius 3 is 2.50 bits per heavy atom. The summed E-state index contributed by atoms with van der Waals surface area (Å²) in [7, 11) is 0. The zero-order valence-electron chi connectivity index (χ0n) is 7.05. The Morgan fingerprint density at radius 2 is 2.08 bits per heavy atom. The van der Waals surface area contributed by atoms with Crippen LogP contribution in [-0.4, -0.2) is 31.7 Å². The van der Waals surface area contributed by atoms with Crippen LogP contribution in [0.5, 0.6) is 0 Å². The van der Waals surface area contributed by atoms with Crippen molar-refractivity contribution < 1.29 is 23.0 Å². The summed E-state index contributed by atoms with van der Waals surface area (Å²) in [6.07, 6.45) is -3.47. The molecule has 0 heterocycles. The predicted molar refractivity (Wildman–Crippen MR) is 38.1 cm³/mol. The Bertz CT molecular complexity index is 139. The molecule has 1 unspecified atom stereocenters. The van der Waals surface area contributed by atoms with Gasteiger partial charge in [0.2, 0.25) is 0 Å². The van der Waals surface area contributed by atoms with Crippen molar-refractivity contribution in [3.63, 3.8) is 0 Å². The summed E-state index contributed by atoms with van der Waals surface area (Å²) < 4.78 is 32.2. The van der Waals surface area contributed by atoms with Crippen LogP contribution in [-0.2, 0) is 14.3 Å². The van der Waals surface area contributed by atoms with Crippen LogP contribution in [0.4, 0.5) is 8.78 Å². The molecule has 0 fully saturated rings. The van der Waals surface area contributed by atoms with Crippen molar-refractivity contribution in [2.24, 2.45) is 0 Å². The highest BCUT2D eigenvalue weighted by Crippen LogP contribution is 1.99. The van der Waals surface area contributed by atoms with E-state index in [1.807, 2.05) is 0 Å². The number of ether oxygens (including phenoxy) is 2. The first kappa shape index (κ1) is 11.3. The number of alkyl halides is 2. The van der Waals surface area contributed by atoms with E-state index < -0.39 is 25.1 Å². The molecule has 0 amide bonds. The van der Waals surface area contributed by atoms with Gasteiger partial charge >= 0.3 is 5.97 Å². The second-order valence-electron chi connectivity index (χ2n) is 2.12. The molecule has 0 aliphatic rings. The molecular formula is C7H12F2O3. The Morgan fingerprint density at radius 1 is 1.50 bits per heavy atom. The van der Waals surface area contributed by atoms with Crippen molar-refractivity contribution in [1.29, 1.82) is 0 Å². The van der Waals surface area contributed by atoms with Gasteiger partial charge < -0.3 is 9.47 Å². The van der Waals surface area contributed by atoms with Crippen molar-refractivity contribution in [3.8, 4) is 0 Å². The molecular weight excluding hydrogens is 170 g/mol. The molecule has 3 nitrogen and oxygen atoms in total. The molecule has 0 rings (SSSR count). The van der Waals surface area contributed by atoms with Gasteiger partial charge in [-0.3, -0.25) is 0 Å². The maximum absolute atomic E-state index is 11.6. The molecule has 0 saturated carbocycles. The zero-order valence-corrected chi connectivity index (χ0v) is 7.05. The van der Waals surface area contributed by atoms with Gasteiger partial charge in [-0.25, -0.2) is 13.6 Å². The van der Waals surface area contributed by atoms with Gasteiger partial charge in [-0.05, 0) is 13.8 Å². The average Bonchev–Trinajstić information content (AvgIpc) is 2.00. The summed E-state index contributed by atoms with van der Waals surface area (Å²) in [6, 6.07) is 0. The van der Waals surface area contributed by atoms with Crippen LogP contribution in [0.2, 0.25) is 0 Å². The fraction of sp³-hybridized carbons (Fsp3) is 0.857. The van der Waals surface area contributed by atoms with Gasteiger partial charge in [0, 0.05) is 0 Å². The number of halogens is 2. The van der Waals surface area contributed by atoms with Gasteiger partial charge in [-0.2, -0.15) is 0 Å². The van der Waals surface area contributed by atoms with Crippen molar-refractivity contribution in [3.05, 3.63) is 0 Å². The number of rotatable bonds is 5. The lowest BCUT2D eigenvalue weighted by Crippen LogP contribution is -2.25. The lowest BCUT2D eigenvalue weighted by Gasteiger charge is -2.10. The number of carbonyl (C=O) groups excluding carboxylic acids is 1. The summed E-state index contributed by atoms with van der Waals surface area (Å²) in [6.45, 7) is 2.50. The van der Waals surface area contributed by atoms with Crippen molar-refractivity contribution in [2.45, 2.75) is 26.4 Å². The summed E-state index contributed by atoms with van der Waals surface area (Å²) in [5.74, 6) is -0.613. The lowest BCUT2D eigenvalue weighted by atomic mass is 10.4. The van der Waals surface area contributed by atoms with E-state index in [0.717, 1.165) is 0 Å². The average molecular weight is 182 g/mol. The first-order valence-corrected chi connectivity index (χ1v) is 3.64. The molecule has 0 aromatic carbocycles. The molecule has 0 spiro atoms. The Kier molecular flexibility index (Phi) is 5.53. The Labute approximate surface area is 69.6 Å². The SMILES string of the molecule is CCOC(=O)C(C)OCC(F)F. The molecule has 0 aliphatic heterocycles. The normalized spacial score (nSPS) is 13.1. The van der Waals surface area contributed by atoms with Crippen LogP contribution in [0.15, 0.2) is 0 Å². The number of hydrogen-bond acceptors (Lipinski definition) is 3. The van der Waals surface area contributed by atoms with Crippen molar-refractivity contribution in [2.75, 3.05) is 13.2 Å². The zero-order chi connectivity index (χ0) is 9.56. The minimum atomic E-state index is -2.55. The largest absolute Gasteiger partial charge is 0.464 e. The number of esters is 1. The summed E-state index contributed by atoms with van der Waals surface area (Å²) in [5.41, 5.74) is 0.